The van der Waals surface area contributed by atoms with Crippen LogP contribution in [0.1, 0.15) is 24.5 Å². The van der Waals surface area contributed by atoms with E-state index < -0.39 is 0 Å². The summed E-state index contributed by atoms with van der Waals surface area (Å²) in [5.41, 5.74) is 2.35. The van der Waals surface area contributed by atoms with E-state index in [9.17, 15) is 0 Å². The van der Waals surface area contributed by atoms with Gasteiger partial charge < -0.3 is 5.32 Å². The van der Waals surface area contributed by atoms with Crippen molar-refractivity contribution in [3.8, 4) is 0 Å². The van der Waals surface area contributed by atoms with E-state index in [0.717, 1.165) is 23.6 Å². The van der Waals surface area contributed by atoms with E-state index in [1.54, 1.807) is 0 Å². The van der Waals surface area contributed by atoms with E-state index in [-0.39, 0.29) is 0 Å². The molecule has 0 saturated heterocycles. The van der Waals surface area contributed by atoms with E-state index in [1.807, 2.05) is 19.1 Å². The van der Waals surface area contributed by atoms with E-state index in [4.69, 9.17) is 11.6 Å². The lowest BCUT2D eigenvalue weighted by Gasteiger charge is -2.12. The van der Waals surface area contributed by atoms with Crippen molar-refractivity contribution >= 4 is 11.6 Å². The Kier molecular flexibility index (Phi) is 4.86. The Bertz CT molecular complexity index is 333. The Morgan fingerprint density at radius 3 is 2.87 bits per heavy atom. The minimum absolute atomic E-state index is 0.461. The molecule has 0 bridgehead atoms. The van der Waals surface area contributed by atoms with Crippen molar-refractivity contribution in [2.45, 2.75) is 32.9 Å². The van der Waals surface area contributed by atoms with Crippen molar-refractivity contribution < 1.29 is 0 Å². The van der Waals surface area contributed by atoms with Crippen molar-refractivity contribution in [1.29, 1.82) is 0 Å². The second-order valence-corrected chi connectivity index (χ2v) is 4.30. The summed E-state index contributed by atoms with van der Waals surface area (Å²) in [5.74, 6) is 0. The third-order valence-electron chi connectivity index (χ3n) is 2.41. The summed E-state index contributed by atoms with van der Waals surface area (Å²) in [6.07, 6.45) is 2.92. The molecule has 0 aromatic heterocycles. The quantitative estimate of drug-likeness (QED) is 0.751. The number of hydrogen-bond acceptors (Lipinski definition) is 1. The Labute approximate surface area is 97.1 Å². The highest BCUT2D eigenvalue weighted by atomic mass is 35.5. The Morgan fingerprint density at radius 2 is 2.27 bits per heavy atom. The Morgan fingerprint density at radius 1 is 1.53 bits per heavy atom. The SMILES string of the molecule is C=CCC(C)NCc1ccc(C)c(Cl)c1. The minimum Gasteiger partial charge on any atom is -0.310 e. The second-order valence-electron chi connectivity index (χ2n) is 3.89. The summed E-state index contributed by atoms with van der Waals surface area (Å²) in [4.78, 5) is 0. The first-order valence-electron chi connectivity index (χ1n) is 5.22. The lowest BCUT2D eigenvalue weighted by molar-refractivity contribution is 0.554. The highest BCUT2D eigenvalue weighted by Gasteiger charge is 2.00. The average Bonchev–Trinajstić information content (AvgIpc) is 2.20. The predicted molar refractivity (Wildman–Crippen MR) is 67.3 cm³/mol. The van der Waals surface area contributed by atoms with Crippen LogP contribution in [-0.2, 0) is 6.54 Å². The summed E-state index contributed by atoms with van der Waals surface area (Å²) in [5, 5.41) is 4.26. The maximum absolute atomic E-state index is 6.05. The number of aryl methyl sites for hydroxylation is 1. The van der Waals surface area contributed by atoms with Gasteiger partial charge in [0.25, 0.3) is 0 Å². The molecule has 1 atom stereocenters. The summed E-state index contributed by atoms with van der Waals surface area (Å²) < 4.78 is 0. The largest absolute Gasteiger partial charge is 0.310 e. The maximum atomic E-state index is 6.05. The molecule has 0 spiro atoms. The van der Waals surface area contributed by atoms with Crippen LogP contribution in [0, 0.1) is 6.92 Å². The first-order valence-corrected chi connectivity index (χ1v) is 5.60. The van der Waals surface area contributed by atoms with E-state index >= 15 is 0 Å². The summed E-state index contributed by atoms with van der Waals surface area (Å²) in [6, 6.07) is 6.64. The Balaban J connectivity index is 2.50. The molecular weight excluding hydrogens is 206 g/mol. The minimum atomic E-state index is 0.461. The van der Waals surface area contributed by atoms with E-state index in [0.29, 0.717) is 6.04 Å². The van der Waals surface area contributed by atoms with Crippen molar-refractivity contribution in [3.05, 3.63) is 47.0 Å². The highest BCUT2D eigenvalue weighted by molar-refractivity contribution is 6.31. The topological polar surface area (TPSA) is 12.0 Å². The van der Waals surface area contributed by atoms with Crippen LogP contribution in [0.2, 0.25) is 5.02 Å². The first-order chi connectivity index (χ1) is 7.13. The number of rotatable bonds is 5. The van der Waals surface area contributed by atoms with Crippen molar-refractivity contribution in [2.24, 2.45) is 0 Å². The predicted octanol–water partition coefficient (Wildman–Crippen LogP) is 3.70. The molecule has 2 heteroatoms. The molecule has 0 fully saturated rings. The van der Waals surface area contributed by atoms with Crippen LogP contribution < -0.4 is 5.32 Å². The van der Waals surface area contributed by atoms with Gasteiger partial charge in [0.2, 0.25) is 0 Å². The highest BCUT2D eigenvalue weighted by Crippen LogP contribution is 2.16. The number of hydrogen-bond donors (Lipinski definition) is 1. The van der Waals surface area contributed by atoms with Gasteiger partial charge in [0.05, 0.1) is 0 Å². The number of benzene rings is 1. The standard InChI is InChI=1S/C13H18ClN/c1-4-5-11(3)15-9-12-7-6-10(2)13(14)8-12/h4,6-8,11,15H,1,5,9H2,2-3H3. The monoisotopic (exact) mass is 223 g/mol. The van der Waals surface area contributed by atoms with Gasteiger partial charge in [0, 0.05) is 17.6 Å². The lowest BCUT2D eigenvalue weighted by Crippen LogP contribution is -2.24. The molecule has 0 aliphatic rings. The summed E-state index contributed by atoms with van der Waals surface area (Å²) in [7, 11) is 0. The van der Waals surface area contributed by atoms with Gasteiger partial charge in [0.15, 0.2) is 0 Å². The molecule has 0 radical (unpaired) electrons. The molecule has 1 unspecified atom stereocenters. The van der Waals surface area contributed by atoms with Crippen LogP contribution in [-0.4, -0.2) is 6.04 Å². The van der Waals surface area contributed by atoms with Gasteiger partial charge in [-0.25, -0.2) is 0 Å². The summed E-state index contributed by atoms with van der Waals surface area (Å²) >= 11 is 6.05. The normalized spacial score (nSPS) is 12.5. The van der Waals surface area contributed by atoms with Crippen molar-refractivity contribution in [2.75, 3.05) is 0 Å². The van der Waals surface area contributed by atoms with Gasteiger partial charge in [0.1, 0.15) is 0 Å². The molecule has 0 saturated carbocycles. The zero-order chi connectivity index (χ0) is 11.3. The first kappa shape index (κ1) is 12.3. The van der Waals surface area contributed by atoms with Crippen LogP contribution in [0.15, 0.2) is 30.9 Å². The number of nitrogens with one attached hydrogen (secondary N) is 1. The average molecular weight is 224 g/mol. The third kappa shape index (κ3) is 4.06. The lowest BCUT2D eigenvalue weighted by atomic mass is 10.1. The fraction of sp³-hybridized carbons (Fsp3) is 0.385. The zero-order valence-electron chi connectivity index (χ0n) is 9.39. The fourth-order valence-electron chi connectivity index (χ4n) is 1.37. The van der Waals surface area contributed by atoms with Gasteiger partial charge in [-0.2, -0.15) is 0 Å². The smallest absolute Gasteiger partial charge is 0.0438 e. The van der Waals surface area contributed by atoms with Crippen molar-refractivity contribution in [3.63, 3.8) is 0 Å². The molecule has 1 rings (SSSR count). The summed E-state index contributed by atoms with van der Waals surface area (Å²) in [6.45, 7) is 8.74. The molecule has 15 heavy (non-hydrogen) atoms. The fourth-order valence-corrected chi connectivity index (χ4v) is 1.57. The van der Waals surface area contributed by atoms with Crippen LogP contribution in [0.5, 0.6) is 0 Å². The molecule has 1 nitrogen and oxygen atoms in total. The van der Waals surface area contributed by atoms with Crippen LogP contribution in [0.4, 0.5) is 0 Å². The van der Waals surface area contributed by atoms with Crippen LogP contribution in [0.3, 0.4) is 0 Å². The Hall–Kier alpha value is -0.790. The molecule has 0 heterocycles. The number of halogens is 1. The molecular formula is C13H18ClN. The second kappa shape index (κ2) is 5.94. The van der Waals surface area contributed by atoms with Crippen molar-refractivity contribution in [1.82, 2.24) is 5.32 Å². The maximum Gasteiger partial charge on any atom is 0.0438 e. The molecule has 1 aromatic carbocycles. The van der Waals surface area contributed by atoms with Crippen LogP contribution >= 0.6 is 11.6 Å². The van der Waals surface area contributed by atoms with Crippen LogP contribution in [0.25, 0.3) is 0 Å². The zero-order valence-corrected chi connectivity index (χ0v) is 10.1. The molecule has 1 N–H and O–H groups in total. The van der Waals surface area contributed by atoms with Gasteiger partial charge in [-0.05, 0) is 37.5 Å². The molecule has 82 valence electrons. The molecule has 0 aliphatic carbocycles. The van der Waals surface area contributed by atoms with E-state index in [1.165, 1.54) is 5.56 Å². The van der Waals surface area contributed by atoms with Gasteiger partial charge >= 0.3 is 0 Å². The van der Waals surface area contributed by atoms with Gasteiger partial charge in [-0.15, -0.1) is 6.58 Å². The van der Waals surface area contributed by atoms with E-state index in [2.05, 4.69) is 31.0 Å². The molecule has 0 aliphatic heterocycles. The van der Waals surface area contributed by atoms with Gasteiger partial charge in [-0.1, -0.05) is 29.8 Å². The van der Waals surface area contributed by atoms with Gasteiger partial charge in [-0.3, -0.25) is 0 Å². The molecule has 0 amide bonds. The molecule has 1 aromatic rings. The third-order valence-corrected chi connectivity index (χ3v) is 2.82.